The van der Waals surface area contributed by atoms with Gasteiger partial charge in [0.2, 0.25) is 0 Å². The van der Waals surface area contributed by atoms with E-state index in [0.717, 1.165) is 22.2 Å². The van der Waals surface area contributed by atoms with Gasteiger partial charge in [0.25, 0.3) is 0 Å². The number of hydrogen-bond acceptors (Lipinski definition) is 6. The lowest BCUT2D eigenvalue weighted by atomic mass is 10.3. The van der Waals surface area contributed by atoms with E-state index in [0.29, 0.717) is 18.4 Å². The maximum absolute atomic E-state index is 11.5. The molecule has 2 heterocycles. The predicted octanol–water partition coefficient (Wildman–Crippen LogP) is 2.55. The minimum absolute atomic E-state index is 0.198. The highest BCUT2D eigenvalue weighted by Gasteiger charge is 2.15. The summed E-state index contributed by atoms with van der Waals surface area (Å²) in [6.07, 6.45) is 2.01. The van der Waals surface area contributed by atoms with Gasteiger partial charge in [-0.1, -0.05) is 25.6 Å². The first kappa shape index (κ1) is 15.3. The van der Waals surface area contributed by atoms with Crippen LogP contribution in [0.3, 0.4) is 0 Å². The van der Waals surface area contributed by atoms with E-state index >= 15 is 0 Å². The van der Waals surface area contributed by atoms with Gasteiger partial charge in [-0.05, 0) is 6.92 Å². The highest BCUT2D eigenvalue weighted by Crippen LogP contribution is 2.26. The van der Waals surface area contributed by atoms with Gasteiger partial charge in [-0.2, -0.15) is 0 Å². The minimum atomic E-state index is -0.198. The van der Waals surface area contributed by atoms with Crippen molar-refractivity contribution in [3.05, 3.63) is 17.3 Å². The van der Waals surface area contributed by atoms with Crippen LogP contribution < -0.4 is 5.32 Å². The number of rotatable bonds is 7. The van der Waals surface area contributed by atoms with E-state index in [2.05, 4.69) is 28.5 Å². The Hall–Kier alpha value is -1.05. The largest absolute Gasteiger partial charge is 0.465 e. The van der Waals surface area contributed by atoms with Crippen molar-refractivity contribution in [1.29, 1.82) is 0 Å². The molecule has 0 amide bonds. The van der Waals surface area contributed by atoms with Gasteiger partial charge in [0.15, 0.2) is 4.96 Å². The average molecular weight is 313 g/mol. The number of thioether (sulfide) groups is 1. The molecule has 0 aliphatic heterocycles. The molecule has 0 spiro atoms. The molecule has 2 rings (SSSR count). The van der Waals surface area contributed by atoms with Crippen molar-refractivity contribution in [1.82, 2.24) is 14.7 Å². The maximum atomic E-state index is 11.5. The first-order valence-electron chi connectivity index (χ1n) is 6.58. The average Bonchev–Trinajstić information content (AvgIpc) is 2.94. The van der Waals surface area contributed by atoms with E-state index in [1.807, 2.05) is 18.5 Å². The van der Waals surface area contributed by atoms with E-state index < -0.39 is 0 Å². The van der Waals surface area contributed by atoms with Crippen LogP contribution in [0.2, 0.25) is 0 Å². The van der Waals surface area contributed by atoms with Gasteiger partial charge in [0.05, 0.1) is 18.1 Å². The van der Waals surface area contributed by atoms with Crippen LogP contribution in [0.1, 0.15) is 26.5 Å². The Labute approximate surface area is 126 Å². The van der Waals surface area contributed by atoms with Gasteiger partial charge in [0.1, 0.15) is 5.03 Å². The molecule has 2 aromatic heterocycles. The van der Waals surface area contributed by atoms with Crippen LogP contribution in [0.15, 0.2) is 16.6 Å². The molecule has 0 fully saturated rings. The SMILES string of the molecule is CCOC(=O)CSc1nc2sccn2c1CNC(C)C. The zero-order valence-corrected chi connectivity index (χ0v) is 13.5. The van der Waals surface area contributed by atoms with Crippen molar-refractivity contribution in [3.8, 4) is 0 Å². The molecule has 7 heteroatoms. The van der Waals surface area contributed by atoms with E-state index in [1.165, 1.54) is 11.8 Å². The molecule has 0 atom stereocenters. The van der Waals surface area contributed by atoms with Gasteiger partial charge >= 0.3 is 5.97 Å². The molecule has 0 aromatic carbocycles. The van der Waals surface area contributed by atoms with Crippen LogP contribution >= 0.6 is 23.1 Å². The third-order valence-electron chi connectivity index (χ3n) is 2.63. The fraction of sp³-hybridized carbons (Fsp3) is 0.538. The molecule has 5 nitrogen and oxygen atoms in total. The lowest BCUT2D eigenvalue weighted by Gasteiger charge is -2.09. The van der Waals surface area contributed by atoms with Crippen molar-refractivity contribution in [2.24, 2.45) is 0 Å². The van der Waals surface area contributed by atoms with Crippen molar-refractivity contribution < 1.29 is 9.53 Å². The second-order valence-corrected chi connectivity index (χ2v) is 6.39. The summed E-state index contributed by atoms with van der Waals surface area (Å²) < 4.78 is 7.03. The van der Waals surface area contributed by atoms with Crippen LogP contribution in [-0.2, 0) is 16.1 Å². The second-order valence-electron chi connectivity index (χ2n) is 4.55. The number of carbonyl (C=O) groups excluding carboxylic acids is 1. The van der Waals surface area contributed by atoms with Gasteiger partial charge in [-0.25, -0.2) is 4.98 Å². The van der Waals surface area contributed by atoms with Gasteiger partial charge < -0.3 is 10.1 Å². The van der Waals surface area contributed by atoms with Crippen molar-refractivity contribution >= 4 is 34.0 Å². The van der Waals surface area contributed by atoms with Crippen LogP contribution in [0.4, 0.5) is 0 Å². The van der Waals surface area contributed by atoms with Crippen molar-refractivity contribution in [2.75, 3.05) is 12.4 Å². The fourth-order valence-corrected chi connectivity index (χ4v) is 3.34. The predicted molar refractivity (Wildman–Crippen MR) is 82.4 cm³/mol. The first-order valence-corrected chi connectivity index (χ1v) is 8.44. The zero-order chi connectivity index (χ0) is 14.5. The number of esters is 1. The minimum Gasteiger partial charge on any atom is -0.465 e. The van der Waals surface area contributed by atoms with Crippen LogP contribution in [0.25, 0.3) is 4.96 Å². The van der Waals surface area contributed by atoms with Crippen molar-refractivity contribution in [3.63, 3.8) is 0 Å². The number of imidazole rings is 1. The van der Waals surface area contributed by atoms with Crippen LogP contribution in [-0.4, -0.2) is 33.8 Å². The summed E-state index contributed by atoms with van der Waals surface area (Å²) in [5.74, 6) is 0.101. The Morgan fingerprint density at radius 1 is 1.60 bits per heavy atom. The standard InChI is InChI=1S/C13H19N3O2S2/c1-4-18-11(17)8-20-12-10(7-14-9(2)3)16-5-6-19-13(16)15-12/h5-6,9,14H,4,7-8H2,1-3H3. The highest BCUT2D eigenvalue weighted by molar-refractivity contribution is 7.99. The number of carbonyl (C=O) groups is 1. The Morgan fingerprint density at radius 2 is 2.40 bits per heavy atom. The quantitative estimate of drug-likeness (QED) is 0.629. The molecule has 0 bridgehead atoms. The Balaban J connectivity index is 2.12. The van der Waals surface area contributed by atoms with Gasteiger partial charge in [-0.15, -0.1) is 11.3 Å². The summed E-state index contributed by atoms with van der Waals surface area (Å²) in [5, 5.41) is 6.31. The zero-order valence-electron chi connectivity index (χ0n) is 11.9. The summed E-state index contributed by atoms with van der Waals surface area (Å²) in [5.41, 5.74) is 1.10. The van der Waals surface area contributed by atoms with Crippen LogP contribution in [0.5, 0.6) is 0 Å². The summed E-state index contributed by atoms with van der Waals surface area (Å²) >= 11 is 3.03. The lowest BCUT2D eigenvalue weighted by molar-refractivity contribution is -0.139. The molecule has 0 saturated heterocycles. The number of hydrogen-bond donors (Lipinski definition) is 1. The number of ether oxygens (including phenoxy) is 1. The second kappa shape index (κ2) is 7.10. The molecule has 1 N–H and O–H groups in total. The summed E-state index contributed by atoms with van der Waals surface area (Å²) in [7, 11) is 0. The highest BCUT2D eigenvalue weighted by atomic mass is 32.2. The first-order chi connectivity index (χ1) is 9.61. The van der Waals surface area contributed by atoms with Crippen LogP contribution in [0, 0.1) is 0 Å². The Bertz CT molecular complexity index is 577. The summed E-state index contributed by atoms with van der Waals surface area (Å²) in [6, 6.07) is 0.405. The monoisotopic (exact) mass is 313 g/mol. The van der Waals surface area contributed by atoms with E-state index in [4.69, 9.17) is 4.74 Å². The van der Waals surface area contributed by atoms with E-state index in [1.54, 1.807) is 11.3 Å². The molecular formula is C13H19N3O2S2. The number of aromatic nitrogens is 2. The van der Waals surface area contributed by atoms with E-state index in [-0.39, 0.29) is 5.97 Å². The maximum Gasteiger partial charge on any atom is 0.316 e. The molecule has 20 heavy (non-hydrogen) atoms. The lowest BCUT2D eigenvalue weighted by Crippen LogP contribution is -2.23. The molecule has 0 saturated carbocycles. The Morgan fingerprint density at radius 3 is 3.10 bits per heavy atom. The number of thiazole rings is 1. The molecule has 2 aromatic rings. The number of nitrogens with zero attached hydrogens (tertiary/aromatic N) is 2. The molecule has 110 valence electrons. The molecular weight excluding hydrogens is 294 g/mol. The van der Waals surface area contributed by atoms with Crippen molar-refractivity contribution in [2.45, 2.75) is 38.4 Å². The van der Waals surface area contributed by atoms with Gasteiger partial charge in [0, 0.05) is 24.2 Å². The molecule has 0 radical (unpaired) electrons. The topological polar surface area (TPSA) is 55.6 Å². The normalized spacial score (nSPS) is 11.4. The third kappa shape index (κ3) is 3.74. The fourth-order valence-electron chi connectivity index (χ4n) is 1.72. The van der Waals surface area contributed by atoms with Gasteiger partial charge in [-0.3, -0.25) is 9.20 Å². The molecule has 0 aliphatic carbocycles. The summed E-state index contributed by atoms with van der Waals surface area (Å²) in [4.78, 5) is 17.0. The Kier molecular flexibility index (Phi) is 5.45. The van der Waals surface area contributed by atoms with E-state index in [9.17, 15) is 4.79 Å². The smallest absolute Gasteiger partial charge is 0.316 e. The number of fused-ring (bicyclic) bond motifs is 1. The molecule has 0 unspecified atom stereocenters. The number of nitrogens with one attached hydrogen (secondary N) is 1. The molecule has 0 aliphatic rings. The summed E-state index contributed by atoms with van der Waals surface area (Å²) in [6.45, 7) is 7.18. The third-order valence-corrected chi connectivity index (χ3v) is 4.37.